The van der Waals surface area contributed by atoms with E-state index in [2.05, 4.69) is 31.2 Å². The molecule has 50 heavy (non-hydrogen) atoms. The van der Waals surface area contributed by atoms with Gasteiger partial charge in [0.15, 0.2) is 0 Å². The highest BCUT2D eigenvalue weighted by Crippen LogP contribution is 2.18. The second kappa shape index (κ2) is 16.6. The van der Waals surface area contributed by atoms with Gasteiger partial charge in [0.1, 0.15) is 23.9 Å². The van der Waals surface area contributed by atoms with Crippen LogP contribution in [0.5, 0.6) is 5.75 Å². The summed E-state index contributed by atoms with van der Waals surface area (Å²) in [5.41, 5.74) is 3.75. The molecule has 1 aliphatic heterocycles. The van der Waals surface area contributed by atoms with Crippen LogP contribution >= 0.6 is 0 Å². The Morgan fingerprint density at radius 2 is 1.48 bits per heavy atom. The first-order valence-corrected chi connectivity index (χ1v) is 17.0. The predicted molar refractivity (Wildman–Crippen MR) is 189 cm³/mol. The first kappa shape index (κ1) is 37.7. The molecule has 268 valence electrons. The molecule has 1 aromatic heterocycles. The van der Waals surface area contributed by atoms with Crippen molar-refractivity contribution in [3.8, 4) is 5.75 Å². The average Bonchev–Trinajstić information content (AvgIpc) is 3.06. The van der Waals surface area contributed by atoms with E-state index < -0.39 is 53.7 Å². The fourth-order valence-corrected chi connectivity index (χ4v) is 5.71. The van der Waals surface area contributed by atoms with Crippen LogP contribution in [-0.2, 0) is 25.6 Å². The first-order chi connectivity index (χ1) is 23.6. The van der Waals surface area contributed by atoms with Gasteiger partial charge >= 0.3 is 0 Å². The summed E-state index contributed by atoms with van der Waals surface area (Å²) in [6.45, 7) is 12.5. The quantitative estimate of drug-likeness (QED) is 0.294. The van der Waals surface area contributed by atoms with Gasteiger partial charge in [-0.25, -0.2) is 9.97 Å². The Morgan fingerprint density at radius 1 is 0.840 bits per heavy atom. The summed E-state index contributed by atoms with van der Waals surface area (Å²) < 4.78 is 5.24. The smallest absolute Gasteiger partial charge is 0.254 e. The highest BCUT2D eigenvalue weighted by molar-refractivity contribution is 6.00. The van der Waals surface area contributed by atoms with Crippen molar-refractivity contribution in [3.05, 3.63) is 65.0 Å². The Balaban J connectivity index is 1.70. The highest BCUT2D eigenvalue weighted by Gasteiger charge is 2.33. The zero-order valence-electron chi connectivity index (χ0n) is 30.1. The Hall–Kier alpha value is -5.07. The molecule has 0 bridgehead atoms. The standard InChI is InChI=1S/C37H49N7O6/c1-20(2)15-30-36(48)42-31(16-25-9-12-27(50-8)13-10-25)35(47)40-24(7)34(46)43-32(21(3)4)18-44(19-33(45)41-30)37(49)26-11-14-28-29(17-26)39-23(6)22(5)38-28/h9-14,17,20-21,24,30-32H,15-16,18-19H2,1-8H3,(H,40,47)(H,41,45)(H,42,48)(H,43,46)/t24-,30+,31+,32-/m1/s1. The Morgan fingerprint density at radius 3 is 2.10 bits per heavy atom. The summed E-state index contributed by atoms with van der Waals surface area (Å²) in [5, 5.41) is 11.4. The molecule has 1 fully saturated rings. The largest absolute Gasteiger partial charge is 0.497 e. The molecule has 1 saturated heterocycles. The molecule has 0 radical (unpaired) electrons. The maximum Gasteiger partial charge on any atom is 0.254 e. The molecule has 13 nitrogen and oxygen atoms in total. The number of nitrogens with one attached hydrogen (secondary N) is 4. The van der Waals surface area contributed by atoms with Crippen LogP contribution in [0.1, 0.15) is 68.3 Å². The van der Waals surface area contributed by atoms with Crippen molar-refractivity contribution < 1.29 is 28.7 Å². The van der Waals surface area contributed by atoms with Crippen LogP contribution in [-0.4, -0.2) is 88.8 Å². The molecule has 1 aliphatic rings. The van der Waals surface area contributed by atoms with Crippen LogP contribution < -0.4 is 26.0 Å². The zero-order chi connectivity index (χ0) is 36.7. The lowest BCUT2D eigenvalue weighted by atomic mass is 10.0. The molecule has 4 atom stereocenters. The summed E-state index contributed by atoms with van der Waals surface area (Å²) in [4.78, 5) is 79.2. The van der Waals surface area contributed by atoms with Crippen molar-refractivity contribution in [2.45, 2.75) is 85.5 Å². The topological polar surface area (TPSA) is 172 Å². The lowest BCUT2D eigenvalue weighted by Gasteiger charge is -2.31. The summed E-state index contributed by atoms with van der Waals surface area (Å²) in [7, 11) is 1.55. The molecule has 13 heteroatoms. The monoisotopic (exact) mass is 687 g/mol. The molecular formula is C37H49N7O6. The number of nitrogens with zero attached hydrogens (tertiary/aromatic N) is 3. The van der Waals surface area contributed by atoms with E-state index in [0.717, 1.165) is 17.0 Å². The fraction of sp³-hybridized carbons (Fsp3) is 0.486. The minimum absolute atomic E-state index is 0.00585. The molecule has 4 rings (SSSR count). The van der Waals surface area contributed by atoms with E-state index in [1.807, 2.05) is 41.5 Å². The number of carbonyl (C=O) groups is 5. The molecule has 3 aromatic rings. The SMILES string of the molecule is COc1ccc(C[C@@H]2NC(=O)[C@H](CC(C)C)NC(=O)CN(C(=O)c3ccc4nc(C)c(C)nc4c3)C[C@H](C(C)C)NC(=O)[C@@H](C)NC2=O)cc1. The number of ether oxygens (including phenoxy) is 1. The van der Waals surface area contributed by atoms with Gasteiger partial charge in [-0.15, -0.1) is 0 Å². The van der Waals surface area contributed by atoms with Crippen LogP contribution in [0.15, 0.2) is 42.5 Å². The lowest BCUT2D eigenvalue weighted by molar-refractivity contribution is -0.133. The van der Waals surface area contributed by atoms with Crippen LogP contribution in [0, 0.1) is 25.7 Å². The molecule has 0 aliphatic carbocycles. The summed E-state index contributed by atoms with van der Waals surface area (Å²) >= 11 is 0. The summed E-state index contributed by atoms with van der Waals surface area (Å²) in [6.07, 6.45) is 0.417. The van der Waals surface area contributed by atoms with Crippen molar-refractivity contribution in [1.82, 2.24) is 36.1 Å². The van der Waals surface area contributed by atoms with Crippen molar-refractivity contribution >= 4 is 40.6 Å². The van der Waals surface area contributed by atoms with Crippen LogP contribution in [0.4, 0.5) is 0 Å². The second-order valence-electron chi connectivity index (χ2n) is 13.7. The molecule has 4 N–H and O–H groups in total. The third-order valence-corrected chi connectivity index (χ3v) is 8.84. The van der Waals surface area contributed by atoms with Gasteiger partial charge in [0.2, 0.25) is 23.6 Å². The van der Waals surface area contributed by atoms with E-state index >= 15 is 0 Å². The van der Waals surface area contributed by atoms with Crippen molar-refractivity contribution in [1.29, 1.82) is 0 Å². The third kappa shape index (κ3) is 9.76. The Labute approximate surface area is 293 Å². The maximum absolute atomic E-state index is 14.1. The Kier molecular flexibility index (Phi) is 12.5. The molecule has 0 spiro atoms. The number of hydrogen-bond donors (Lipinski definition) is 4. The Bertz CT molecular complexity index is 1730. The van der Waals surface area contributed by atoms with E-state index in [4.69, 9.17) is 4.74 Å². The maximum atomic E-state index is 14.1. The van der Waals surface area contributed by atoms with E-state index in [1.54, 1.807) is 56.5 Å². The average molecular weight is 688 g/mol. The summed E-state index contributed by atoms with van der Waals surface area (Å²) in [5.74, 6) is -2.07. The van der Waals surface area contributed by atoms with Gasteiger partial charge in [0, 0.05) is 24.6 Å². The molecule has 2 aromatic carbocycles. The number of hydrogen-bond acceptors (Lipinski definition) is 8. The molecule has 5 amide bonds. The number of methoxy groups -OCH3 is 1. The molecule has 0 unspecified atom stereocenters. The number of fused-ring (bicyclic) bond motifs is 1. The number of amides is 5. The van der Waals surface area contributed by atoms with Crippen LogP contribution in [0.25, 0.3) is 11.0 Å². The number of rotatable bonds is 7. The molecule has 2 heterocycles. The first-order valence-electron chi connectivity index (χ1n) is 17.0. The minimum atomic E-state index is -1.05. The zero-order valence-corrected chi connectivity index (χ0v) is 30.1. The second-order valence-corrected chi connectivity index (χ2v) is 13.7. The third-order valence-electron chi connectivity index (χ3n) is 8.84. The number of aromatic nitrogens is 2. The van der Waals surface area contributed by atoms with Gasteiger partial charge in [-0.1, -0.05) is 39.8 Å². The van der Waals surface area contributed by atoms with Crippen LogP contribution in [0.2, 0.25) is 0 Å². The fourth-order valence-electron chi connectivity index (χ4n) is 5.71. The predicted octanol–water partition coefficient (Wildman–Crippen LogP) is 2.61. The minimum Gasteiger partial charge on any atom is -0.497 e. The van der Waals surface area contributed by atoms with Gasteiger partial charge < -0.3 is 30.9 Å². The van der Waals surface area contributed by atoms with Gasteiger partial charge in [-0.2, -0.15) is 0 Å². The molecular weight excluding hydrogens is 638 g/mol. The number of benzene rings is 2. The van der Waals surface area contributed by atoms with Crippen molar-refractivity contribution in [2.24, 2.45) is 11.8 Å². The lowest BCUT2D eigenvalue weighted by Crippen LogP contribution is -2.57. The van der Waals surface area contributed by atoms with E-state index in [-0.39, 0.29) is 37.8 Å². The normalized spacial score (nSPS) is 21.2. The van der Waals surface area contributed by atoms with Crippen molar-refractivity contribution in [2.75, 3.05) is 20.2 Å². The van der Waals surface area contributed by atoms with Gasteiger partial charge in [0.05, 0.1) is 36.1 Å². The van der Waals surface area contributed by atoms with Gasteiger partial charge in [0.25, 0.3) is 5.91 Å². The van der Waals surface area contributed by atoms with E-state index in [9.17, 15) is 24.0 Å². The van der Waals surface area contributed by atoms with Crippen molar-refractivity contribution in [3.63, 3.8) is 0 Å². The number of carbonyl (C=O) groups excluding carboxylic acids is 5. The number of aryl methyl sites for hydroxylation is 2. The van der Waals surface area contributed by atoms with E-state index in [0.29, 0.717) is 22.3 Å². The highest BCUT2D eigenvalue weighted by atomic mass is 16.5. The molecule has 0 saturated carbocycles. The summed E-state index contributed by atoms with van der Waals surface area (Å²) in [6, 6.07) is 8.51. The van der Waals surface area contributed by atoms with Gasteiger partial charge in [-0.3, -0.25) is 24.0 Å². The van der Waals surface area contributed by atoms with Gasteiger partial charge in [-0.05, 0) is 74.9 Å². The van der Waals surface area contributed by atoms with E-state index in [1.165, 1.54) is 4.90 Å². The van der Waals surface area contributed by atoms with Crippen LogP contribution in [0.3, 0.4) is 0 Å².